The van der Waals surface area contributed by atoms with E-state index in [4.69, 9.17) is 14.5 Å². The summed E-state index contributed by atoms with van der Waals surface area (Å²) in [6.45, 7) is 8.75. The molecule has 1 saturated heterocycles. The fraction of sp³-hybridized carbons (Fsp3) is 0.440. The monoisotopic (exact) mass is 448 g/mol. The molecular weight excluding hydrogens is 416 g/mol. The van der Waals surface area contributed by atoms with Crippen LogP contribution >= 0.6 is 0 Å². The largest absolute Gasteiger partial charge is 0.489 e. The van der Waals surface area contributed by atoms with Gasteiger partial charge < -0.3 is 24.3 Å². The van der Waals surface area contributed by atoms with Crippen molar-refractivity contribution < 1.29 is 9.47 Å². The Hall–Kier alpha value is -3.10. The highest BCUT2D eigenvalue weighted by Gasteiger charge is 2.27. The van der Waals surface area contributed by atoms with Crippen molar-refractivity contribution >= 4 is 27.6 Å². The maximum atomic E-state index is 6.04. The predicted octanol–water partition coefficient (Wildman–Crippen LogP) is 4.05. The zero-order valence-electron chi connectivity index (χ0n) is 19.9. The quantitative estimate of drug-likeness (QED) is 0.463. The number of fused-ring (bicyclic) bond motifs is 2. The number of rotatable bonds is 6. The first-order chi connectivity index (χ1) is 15.9. The van der Waals surface area contributed by atoms with Crippen LogP contribution in [0.5, 0.6) is 5.75 Å². The fourth-order valence-electron chi connectivity index (χ4n) is 4.53. The van der Waals surface area contributed by atoms with Gasteiger partial charge in [-0.3, -0.25) is 5.10 Å². The van der Waals surface area contributed by atoms with E-state index in [2.05, 4.69) is 64.2 Å². The minimum atomic E-state index is 0.0897. The third kappa shape index (κ3) is 4.28. The lowest BCUT2D eigenvalue weighted by atomic mass is 10.1. The zero-order chi connectivity index (χ0) is 23.1. The second kappa shape index (κ2) is 8.68. The Kier molecular flexibility index (Phi) is 5.72. The first-order valence-corrected chi connectivity index (χ1v) is 11.6. The molecule has 0 amide bonds. The number of morpholine rings is 1. The summed E-state index contributed by atoms with van der Waals surface area (Å²) in [6.07, 6.45) is 0.286. The van der Waals surface area contributed by atoms with Gasteiger partial charge in [-0.2, -0.15) is 5.10 Å². The van der Waals surface area contributed by atoms with E-state index in [-0.39, 0.29) is 12.2 Å². The van der Waals surface area contributed by atoms with Crippen LogP contribution in [0.2, 0.25) is 0 Å². The topological polar surface area (TPSA) is 82.3 Å². The van der Waals surface area contributed by atoms with Crippen molar-refractivity contribution in [1.29, 1.82) is 0 Å². The van der Waals surface area contributed by atoms with Crippen LogP contribution in [0.15, 0.2) is 36.4 Å². The molecule has 1 fully saturated rings. The Morgan fingerprint density at radius 2 is 2.09 bits per heavy atom. The molecule has 8 heteroatoms. The second-order valence-corrected chi connectivity index (χ2v) is 9.42. The van der Waals surface area contributed by atoms with Gasteiger partial charge in [0, 0.05) is 30.2 Å². The van der Waals surface area contributed by atoms with E-state index >= 15 is 0 Å². The van der Waals surface area contributed by atoms with Crippen LogP contribution in [0.4, 0.5) is 5.69 Å². The molecule has 2 aromatic carbocycles. The molecule has 33 heavy (non-hydrogen) atoms. The Morgan fingerprint density at radius 3 is 2.88 bits per heavy atom. The average Bonchev–Trinajstić information content (AvgIpc) is 3.38. The predicted molar refractivity (Wildman–Crippen MR) is 132 cm³/mol. The van der Waals surface area contributed by atoms with Gasteiger partial charge in [0.25, 0.3) is 0 Å². The number of aromatic amines is 2. The zero-order valence-corrected chi connectivity index (χ0v) is 19.9. The van der Waals surface area contributed by atoms with Crippen molar-refractivity contribution in [3.8, 4) is 17.3 Å². The Balaban J connectivity index is 1.47. The highest BCUT2D eigenvalue weighted by atomic mass is 16.5. The molecule has 0 aliphatic carbocycles. The van der Waals surface area contributed by atoms with Crippen molar-refractivity contribution in [3.63, 3.8) is 0 Å². The molecule has 1 aliphatic rings. The van der Waals surface area contributed by atoms with Crippen LogP contribution in [-0.4, -0.2) is 77.1 Å². The smallest absolute Gasteiger partial charge is 0.159 e. The third-order valence-corrected chi connectivity index (χ3v) is 6.02. The maximum absolute atomic E-state index is 6.04. The fourth-order valence-corrected chi connectivity index (χ4v) is 4.53. The van der Waals surface area contributed by atoms with Crippen LogP contribution in [0.1, 0.15) is 20.8 Å². The van der Waals surface area contributed by atoms with Crippen molar-refractivity contribution in [2.24, 2.45) is 0 Å². The summed E-state index contributed by atoms with van der Waals surface area (Å²) in [5, 5.41) is 8.68. The lowest BCUT2D eigenvalue weighted by Gasteiger charge is -2.40. The van der Waals surface area contributed by atoms with E-state index in [1.54, 1.807) is 0 Å². The maximum Gasteiger partial charge on any atom is 0.159 e. The van der Waals surface area contributed by atoms with Crippen molar-refractivity contribution in [2.75, 3.05) is 38.7 Å². The highest BCUT2D eigenvalue weighted by Crippen LogP contribution is 2.33. The number of aromatic nitrogens is 4. The number of ether oxygens (including phenoxy) is 2. The number of para-hydroxylation sites is 1. The number of anilines is 1. The molecule has 0 bridgehead atoms. The van der Waals surface area contributed by atoms with Crippen LogP contribution in [0.25, 0.3) is 33.5 Å². The van der Waals surface area contributed by atoms with Gasteiger partial charge >= 0.3 is 0 Å². The summed E-state index contributed by atoms with van der Waals surface area (Å²) in [4.78, 5) is 12.9. The number of benzene rings is 2. The van der Waals surface area contributed by atoms with Crippen molar-refractivity contribution in [3.05, 3.63) is 36.4 Å². The molecule has 0 saturated carbocycles. The summed E-state index contributed by atoms with van der Waals surface area (Å²) in [7, 11) is 4.17. The van der Waals surface area contributed by atoms with Gasteiger partial charge in [0.15, 0.2) is 5.82 Å². The van der Waals surface area contributed by atoms with Gasteiger partial charge in [-0.05, 0) is 59.1 Å². The van der Waals surface area contributed by atoms with E-state index in [1.165, 1.54) is 5.69 Å². The summed E-state index contributed by atoms with van der Waals surface area (Å²) in [5.74, 6) is 1.55. The van der Waals surface area contributed by atoms with Gasteiger partial charge in [0.2, 0.25) is 0 Å². The van der Waals surface area contributed by atoms with E-state index in [9.17, 15) is 0 Å². The lowest BCUT2D eigenvalue weighted by molar-refractivity contribution is 0.00880. The summed E-state index contributed by atoms with van der Waals surface area (Å²) in [6, 6.07) is 12.7. The number of hydrogen-bond acceptors (Lipinski definition) is 6. The Bertz CT molecular complexity index is 1260. The minimum Gasteiger partial charge on any atom is -0.489 e. The van der Waals surface area contributed by atoms with Crippen LogP contribution in [0.3, 0.4) is 0 Å². The molecule has 2 aromatic heterocycles. The Morgan fingerprint density at radius 1 is 1.24 bits per heavy atom. The molecule has 0 radical (unpaired) electrons. The molecule has 174 valence electrons. The second-order valence-electron chi connectivity index (χ2n) is 9.42. The number of imidazole rings is 1. The number of nitrogens with one attached hydrogen (secondary N) is 2. The number of H-pyrrole nitrogens is 2. The van der Waals surface area contributed by atoms with Crippen LogP contribution in [-0.2, 0) is 4.74 Å². The summed E-state index contributed by atoms with van der Waals surface area (Å²) >= 11 is 0. The molecule has 1 aliphatic heterocycles. The van der Waals surface area contributed by atoms with E-state index in [1.807, 2.05) is 32.0 Å². The van der Waals surface area contributed by atoms with Gasteiger partial charge in [-0.1, -0.05) is 12.1 Å². The molecular formula is C25H32N6O2. The Labute approximate surface area is 193 Å². The number of likely N-dealkylation sites (N-methyl/N-ethyl adjacent to an activating group) is 1. The molecule has 2 atom stereocenters. The van der Waals surface area contributed by atoms with Crippen molar-refractivity contribution in [2.45, 2.75) is 39.0 Å². The summed E-state index contributed by atoms with van der Waals surface area (Å²) in [5.41, 5.74) is 4.78. The first-order valence-electron chi connectivity index (χ1n) is 11.6. The molecule has 2 N–H and O–H groups in total. The van der Waals surface area contributed by atoms with Crippen LogP contribution < -0.4 is 9.64 Å². The molecule has 0 spiro atoms. The van der Waals surface area contributed by atoms with Gasteiger partial charge in [0.1, 0.15) is 17.0 Å². The molecule has 5 rings (SSSR count). The molecule has 8 nitrogen and oxygen atoms in total. The summed E-state index contributed by atoms with van der Waals surface area (Å²) < 4.78 is 12.0. The van der Waals surface area contributed by atoms with E-state index in [0.29, 0.717) is 6.04 Å². The lowest BCUT2D eigenvalue weighted by Crippen LogP contribution is -2.51. The highest BCUT2D eigenvalue weighted by molar-refractivity contribution is 5.96. The minimum absolute atomic E-state index is 0.0897. The SMILES string of the molecule is CC(C)Oc1cccc2c(-c3nc4ccc(N5CC(CN(C)C)OCC5C)cc4[nH]3)n[nH]c12. The van der Waals surface area contributed by atoms with E-state index < -0.39 is 0 Å². The van der Waals surface area contributed by atoms with Gasteiger partial charge in [-0.25, -0.2) is 4.98 Å². The normalized spacial score (nSPS) is 19.3. The molecule has 4 aromatic rings. The number of nitrogens with zero attached hydrogens (tertiary/aromatic N) is 4. The van der Waals surface area contributed by atoms with Gasteiger partial charge in [0.05, 0.1) is 29.8 Å². The number of hydrogen-bond donors (Lipinski definition) is 2. The van der Waals surface area contributed by atoms with E-state index in [0.717, 1.165) is 58.9 Å². The van der Waals surface area contributed by atoms with Crippen molar-refractivity contribution in [1.82, 2.24) is 25.1 Å². The average molecular weight is 449 g/mol. The molecule has 3 heterocycles. The van der Waals surface area contributed by atoms with Gasteiger partial charge in [-0.15, -0.1) is 0 Å². The third-order valence-electron chi connectivity index (χ3n) is 6.02. The first kappa shape index (κ1) is 21.7. The standard InChI is InChI=1S/C25H32N6O2/c1-15(2)33-22-8-6-7-19-23(22)28-29-24(19)25-26-20-10-9-17(11-21(20)27-25)31-13-18(12-30(4)5)32-14-16(31)3/h6-11,15-16,18H,12-14H2,1-5H3,(H,26,27)(H,28,29). The van der Waals surface area contributed by atoms with Crippen LogP contribution in [0, 0.1) is 0 Å². The molecule has 2 unspecified atom stereocenters.